The fourth-order valence-corrected chi connectivity index (χ4v) is 3.26. The van der Waals surface area contributed by atoms with Crippen molar-refractivity contribution in [2.75, 3.05) is 13.1 Å². The standard InChI is InChI=1S/C19H24N2O4/c1-14-8-9-16(25-14)15-6-3-2-4-12-21(15)18(22)10-11-20-19(23)17-7-5-13-24-17/h5,7-9,13,15H,2-4,6,10-12H2,1H3,(H,20,23). The number of furan rings is 2. The van der Waals surface area contributed by atoms with E-state index in [1.807, 2.05) is 24.0 Å². The molecule has 2 aromatic rings. The van der Waals surface area contributed by atoms with Gasteiger partial charge in [0.2, 0.25) is 5.91 Å². The molecule has 0 saturated carbocycles. The van der Waals surface area contributed by atoms with Crippen LogP contribution in [0.1, 0.15) is 60.2 Å². The highest BCUT2D eigenvalue weighted by molar-refractivity contribution is 5.91. The average Bonchev–Trinajstić information content (AvgIpc) is 3.22. The molecular weight excluding hydrogens is 320 g/mol. The van der Waals surface area contributed by atoms with Gasteiger partial charge < -0.3 is 19.1 Å². The van der Waals surface area contributed by atoms with Crippen molar-refractivity contribution in [2.45, 2.75) is 45.1 Å². The van der Waals surface area contributed by atoms with Crippen LogP contribution in [0, 0.1) is 6.92 Å². The predicted molar refractivity (Wildman–Crippen MR) is 92.0 cm³/mol. The van der Waals surface area contributed by atoms with Gasteiger partial charge in [0, 0.05) is 19.5 Å². The minimum Gasteiger partial charge on any atom is -0.464 e. The summed E-state index contributed by atoms with van der Waals surface area (Å²) < 4.78 is 10.8. The molecule has 6 nitrogen and oxygen atoms in total. The largest absolute Gasteiger partial charge is 0.464 e. The summed E-state index contributed by atoms with van der Waals surface area (Å²) in [4.78, 5) is 26.5. The van der Waals surface area contributed by atoms with Gasteiger partial charge in [0.05, 0.1) is 12.3 Å². The van der Waals surface area contributed by atoms with Crippen LogP contribution >= 0.6 is 0 Å². The number of aryl methyl sites for hydroxylation is 1. The molecule has 3 heterocycles. The van der Waals surface area contributed by atoms with Crippen LogP contribution in [0.15, 0.2) is 39.4 Å². The second-order valence-corrected chi connectivity index (χ2v) is 6.38. The van der Waals surface area contributed by atoms with Crippen LogP contribution < -0.4 is 5.32 Å². The topological polar surface area (TPSA) is 75.7 Å². The molecule has 6 heteroatoms. The smallest absolute Gasteiger partial charge is 0.286 e. The molecule has 25 heavy (non-hydrogen) atoms. The van der Waals surface area contributed by atoms with E-state index < -0.39 is 0 Å². The Morgan fingerprint density at radius 1 is 1.24 bits per heavy atom. The summed E-state index contributed by atoms with van der Waals surface area (Å²) in [5.74, 6) is 1.71. The molecule has 0 aliphatic carbocycles. The predicted octanol–water partition coefficient (Wildman–Crippen LogP) is 3.44. The third kappa shape index (κ3) is 4.32. The van der Waals surface area contributed by atoms with Crippen molar-refractivity contribution in [1.82, 2.24) is 10.2 Å². The van der Waals surface area contributed by atoms with Gasteiger partial charge in [-0.05, 0) is 44.0 Å². The van der Waals surface area contributed by atoms with E-state index in [2.05, 4.69) is 5.32 Å². The molecule has 1 N–H and O–H groups in total. The van der Waals surface area contributed by atoms with E-state index in [-0.39, 0.29) is 30.0 Å². The van der Waals surface area contributed by atoms with Crippen LogP contribution in [-0.2, 0) is 4.79 Å². The van der Waals surface area contributed by atoms with Crippen molar-refractivity contribution < 1.29 is 18.4 Å². The molecule has 1 unspecified atom stereocenters. The number of nitrogens with one attached hydrogen (secondary N) is 1. The number of hydrogen-bond acceptors (Lipinski definition) is 4. The Kier molecular flexibility index (Phi) is 5.58. The first kappa shape index (κ1) is 17.3. The Bertz CT molecular complexity index is 705. The summed E-state index contributed by atoms with van der Waals surface area (Å²) >= 11 is 0. The highest BCUT2D eigenvalue weighted by Crippen LogP contribution is 2.31. The summed E-state index contributed by atoms with van der Waals surface area (Å²) in [6, 6.07) is 7.15. The van der Waals surface area contributed by atoms with Crippen molar-refractivity contribution >= 4 is 11.8 Å². The van der Waals surface area contributed by atoms with Crippen molar-refractivity contribution in [3.63, 3.8) is 0 Å². The molecule has 1 saturated heterocycles. The summed E-state index contributed by atoms with van der Waals surface area (Å²) in [6.45, 7) is 2.94. The number of likely N-dealkylation sites (tertiary alicyclic amines) is 1. The summed E-state index contributed by atoms with van der Waals surface area (Å²) in [6.07, 6.45) is 5.84. The van der Waals surface area contributed by atoms with E-state index >= 15 is 0 Å². The number of carbonyl (C=O) groups is 2. The maximum absolute atomic E-state index is 12.7. The molecule has 2 aromatic heterocycles. The lowest BCUT2D eigenvalue weighted by molar-refractivity contribution is -0.133. The number of carbonyl (C=O) groups excluding carboxylic acids is 2. The Hall–Kier alpha value is -2.50. The van der Waals surface area contributed by atoms with Crippen LogP contribution in [0.4, 0.5) is 0 Å². The molecule has 2 amide bonds. The van der Waals surface area contributed by atoms with Gasteiger partial charge >= 0.3 is 0 Å². The molecule has 3 rings (SSSR count). The van der Waals surface area contributed by atoms with Crippen molar-refractivity contribution in [3.8, 4) is 0 Å². The third-order valence-electron chi connectivity index (χ3n) is 4.53. The van der Waals surface area contributed by atoms with Crippen LogP contribution in [0.5, 0.6) is 0 Å². The normalized spacial score (nSPS) is 18.0. The lowest BCUT2D eigenvalue weighted by atomic mass is 10.1. The first-order chi connectivity index (χ1) is 12.1. The molecule has 0 spiro atoms. The lowest BCUT2D eigenvalue weighted by Gasteiger charge is -2.28. The van der Waals surface area contributed by atoms with Crippen molar-refractivity contribution in [2.24, 2.45) is 0 Å². The van der Waals surface area contributed by atoms with Crippen LogP contribution in [0.25, 0.3) is 0 Å². The van der Waals surface area contributed by atoms with E-state index in [4.69, 9.17) is 8.83 Å². The first-order valence-electron chi connectivity index (χ1n) is 8.82. The van der Waals surface area contributed by atoms with Gasteiger partial charge in [-0.1, -0.05) is 12.8 Å². The molecule has 1 fully saturated rings. The molecule has 1 aliphatic heterocycles. The zero-order chi connectivity index (χ0) is 17.6. The Morgan fingerprint density at radius 2 is 2.12 bits per heavy atom. The van der Waals surface area contributed by atoms with Crippen LogP contribution in [-0.4, -0.2) is 29.8 Å². The van der Waals surface area contributed by atoms with Gasteiger partial charge in [0.15, 0.2) is 5.76 Å². The van der Waals surface area contributed by atoms with E-state index in [9.17, 15) is 9.59 Å². The Labute approximate surface area is 147 Å². The van der Waals surface area contributed by atoms with Crippen molar-refractivity contribution in [3.05, 3.63) is 47.8 Å². The fourth-order valence-electron chi connectivity index (χ4n) is 3.26. The van der Waals surface area contributed by atoms with E-state index in [1.54, 1.807) is 12.1 Å². The third-order valence-corrected chi connectivity index (χ3v) is 4.53. The second kappa shape index (κ2) is 8.05. The minimum absolute atomic E-state index is 0.00975. The van der Waals surface area contributed by atoms with E-state index in [1.165, 1.54) is 6.26 Å². The molecule has 134 valence electrons. The molecule has 0 aromatic carbocycles. The SMILES string of the molecule is Cc1ccc(C2CCCCCN2C(=O)CCNC(=O)c2ccco2)o1. The fraction of sp³-hybridized carbons (Fsp3) is 0.474. The lowest BCUT2D eigenvalue weighted by Crippen LogP contribution is -2.37. The number of rotatable bonds is 5. The van der Waals surface area contributed by atoms with Gasteiger partial charge in [0.25, 0.3) is 5.91 Å². The van der Waals surface area contributed by atoms with Gasteiger partial charge in [-0.3, -0.25) is 9.59 Å². The van der Waals surface area contributed by atoms with Gasteiger partial charge in [0.1, 0.15) is 11.5 Å². The summed E-state index contributed by atoms with van der Waals surface area (Å²) in [7, 11) is 0. The van der Waals surface area contributed by atoms with E-state index in [0.29, 0.717) is 6.54 Å². The number of amides is 2. The quantitative estimate of drug-likeness (QED) is 0.901. The molecule has 0 bridgehead atoms. The minimum atomic E-state index is -0.299. The Balaban J connectivity index is 1.59. The molecular formula is C19H24N2O4. The second-order valence-electron chi connectivity index (χ2n) is 6.38. The highest BCUT2D eigenvalue weighted by atomic mass is 16.3. The maximum Gasteiger partial charge on any atom is 0.286 e. The number of hydrogen-bond donors (Lipinski definition) is 1. The number of nitrogens with zero attached hydrogens (tertiary/aromatic N) is 1. The highest BCUT2D eigenvalue weighted by Gasteiger charge is 2.28. The zero-order valence-corrected chi connectivity index (χ0v) is 14.5. The summed E-state index contributed by atoms with van der Waals surface area (Å²) in [5, 5.41) is 2.73. The maximum atomic E-state index is 12.7. The van der Waals surface area contributed by atoms with Crippen LogP contribution in [0.2, 0.25) is 0 Å². The molecule has 1 aliphatic rings. The van der Waals surface area contributed by atoms with E-state index in [0.717, 1.165) is 43.7 Å². The van der Waals surface area contributed by atoms with Gasteiger partial charge in [-0.15, -0.1) is 0 Å². The molecule has 1 atom stereocenters. The zero-order valence-electron chi connectivity index (χ0n) is 14.5. The summed E-state index contributed by atoms with van der Waals surface area (Å²) in [5.41, 5.74) is 0. The monoisotopic (exact) mass is 344 g/mol. The van der Waals surface area contributed by atoms with Gasteiger partial charge in [-0.2, -0.15) is 0 Å². The van der Waals surface area contributed by atoms with Gasteiger partial charge in [-0.25, -0.2) is 0 Å². The first-order valence-corrected chi connectivity index (χ1v) is 8.82. The average molecular weight is 344 g/mol. The van der Waals surface area contributed by atoms with Crippen molar-refractivity contribution in [1.29, 1.82) is 0 Å². The van der Waals surface area contributed by atoms with Crippen LogP contribution in [0.3, 0.4) is 0 Å². The Morgan fingerprint density at radius 3 is 2.84 bits per heavy atom. The molecule has 0 radical (unpaired) electrons.